The third-order valence-electron chi connectivity index (χ3n) is 8.62. The third-order valence-corrected chi connectivity index (χ3v) is 8.91. The molecule has 5 rings (SSSR count). The number of nitrogens with one attached hydrogen (secondary N) is 1. The van der Waals surface area contributed by atoms with E-state index in [0.717, 1.165) is 16.7 Å². The summed E-state index contributed by atoms with van der Waals surface area (Å²) in [5.74, 6) is -9.78. The van der Waals surface area contributed by atoms with E-state index in [9.17, 15) is 41.9 Å². The van der Waals surface area contributed by atoms with Crippen molar-refractivity contribution in [2.24, 2.45) is 5.92 Å². The standard InChI is InChI=1S/C33H29ClF6N6O3/c1-6-20(47)45-10-9-44(13-16(45)5)29-17-11-19(34)27(21-23(35)22(33(38,39)40)24(36)25(37)30(21)48)43-31(17)46(32(49)18(29)12-41)28-15(4)7-8-42-26(28)14(2)3/h6-8,11,14,16,26,42,48H,1,9-10,13H2,2-5H3/t16-,26?/m1/s1. The van der Waals surface area contributed by atoms with Gasteiger partial charge in [0.15, 0.2) is 17.4 Å². The average Bonchev–Trinajstić information content (AvgIpc) is 3.03. The normalized spacial score (nSPS) is 18.3. The van der Waals surface area contributed by atoms with E-state index in [0.29, 0.717) is 5.57 Å². The maximum absolute atomic E-state index is 15.6. The molecule has 2 aromatic heterocycles. The molecule has 1 amide bonds. The van der Waals surface area contributed by atoms with Gasteiger partial charge in [-0.05, 0) is 49.8 Å². The molecule has 1 saturated heterocycles. The van der Waals surface area contributed by atoms with Crippen molar-refractivity contribution >= 4 is 39.9 Å². The Labute approximate surface area is 281 Å². The number of pyridine rings is 2. The zero-order valence-corrected chi connectivity index (χ0v) is 27.3. The molecule has 0 bridgehead atoms. The molecule has 16 heteroatoms. The van der Waals surface area contributed by atoms with Gasteiger partial charge in [0, 0.05) is 31.1 Å². The van der Waals surface area contributed by atoms with Crippen LogP contribution in [0.4, 0.5) is 32.0 Å². The second-order valence-corrected chi connectivity index (χ2v) is 12.4. The maximum Gasteiger partial charge on any atom is 0.422 e. The van der Waals surface area contributed by atoms with Crippen LogP contribution in [0.2, 0.25) is 5.02 Å². The number of phenols is 1. The number of benzene rings is 1. The molecule has 0 spiro atoms. The summed E-state index contributed by atoms with van der Waals surface area (Å²) in [7, 11) is 0. The van der Waals surface area contributed by atoms with Crippen molar-refractivity contribution in [1.82, 2.24) is 19.8 Å². The molecular formula is C33H29ClF6N6O3. The van der Waals surface area contributed by atoms with E-state index in [-0.39, 0.29) is 59.4 Å². The summed E-state index contributed by atoms with van der Waals surface area (Å²) in [5, 5.41) is 23.4. The van der Waals surface area contributed by atoms with Crippen LogP contribution in [0.25, 0.3) is 28.0 Å². The van der Waals surface area contributed by atoms with Gasteiger partial charge in [0.05, 0.1) is 33.7 Å². The number of dihydropyridines is 1. The van der Waals surface area contributed by atoms with E-state index >= 15 is 4.39 Å². The molecule has 1 fully saturated rings. The molecule has 9 nitrogen and oxygen atoms in total. The average molecular weight is 707 g/mol. The van der Waals surface area contributed by atoms with Crippen molar-refractivity contribution in [2.45, 2.75) is 46.0 Å². The van der Waals surface area contributed by atoms with Gasteiger partial charge in [0.2, 0.25) is 11.7 Å². The molecule has 2 N–H and O–H groups in total. The van der Waals surface area contributed by atoms with Crippen molar-refractivity contribution in [3.05, 3.63) is 80.5 Å². The molecule has 0 aliphatic carbocycles. The first-order valence-corrected chi connectivity index (χ1v) is 15.3. The second-order valence-electron chi connectivity index (χ2n) is 12.0. The quantitative estimate of drug-likeness (QED) is 0.181. The van der Waals surface area contributed by atoms with Gasteiger partial charge in [0.25, 0.3) is 5.56 Å². The SMILES string of the molecule is C=CC(=O)N1CCN(c2c(C#N)c(=O)n(C3=C(C)C=CNC3C(C)C)c3nc(-c4c(O)c(F)c(F)c(C(F)(F)F)c4F)c(Cl)cc23)C[C@H]1C. The molecule has 3 aromatic rings. The Morgan fingerprint density at radius 3 is 2.47 bits per heavy atom. The van der Waals surface area contributed by atoms with Gasteiger partial charge in [-0.15, -0.1) is 0 Å². The molecule has 49 heavy (non-hydrogen) atoms. The molecule has 1 unspecified atom stereocenters. The lowest BCUT2D eigenvalue weighted by Gasteiger charge is -2.41. The first-order chi connectivity index (χ1) is 23.0. The zero-order valence-electron chi connectivity index (χ0n) is 26.5. The summed E-state index contributed by atoms with van der Waals surface area (Å²) in [5.41, 5.74) is -5.76. The number of hydrogen-bond acceptors (Lipinski definition) is 7. The van der Waals surface area contributed by atoms with Crippen LogP contribution in [-0.4, -0.2) is 57.2 Å². The predicted octanol–water partition coefficient (Wildman–Crippen LogP) is 6.33. The topological polar surface area (TPSA) is 114 Å². The van der Waals surface area contributed by atoms with Crippen LogP contribution in [0.15, 0.2) is 41.4 Å². The Morgan fingerprint density at radius 1 is 1.22 bits per heavy atom. The molecule has 0 radical (unpaired) electrons. The Hall–Kier alpha value is -4.97. The molecular weight excluding hydrogens is 678 g/mol. The second kappa shape index (κ2) is 12.8. The van der Waals surface area contributed by atoms with Gasteiger partial charge in [-0.3, -0.25) is 14.2 Å². The number of nitriles is 1. The fourth-order valence-corrected chi connectivity index (χ4v) is 6.57. The zero-order chi connectivity index (χ0) is 36.3. The first-order valence-electron chi connectivity index (χ1n) is 14.9. The predicted molar refractivity (Wildman–Crippen MR) is 171 cm³/mol. The highest BCUT2D eigenvalue weighted by Gasteiger charge is 2.43. The van der Waals surface area contributed by atoms with E-state index in [1.54, 1.807) is 31.0 Å². The van der Waals surface area contributed by atoms with Gasteiger partial charge in [-0.2, -0.15) is 22.8 Å². The molecule has 2 atom stereocenters. The minimum Gasteiger partial charge on any atom is -0.504 e. The number of amides is 1. The number of carbonyl (C=O) groups is 1. The van der Waals surface area contributed by atoms with Crippen LogP contribution in [0.1, 0.15) is 38.8 Å². The summed E-state index contributed by atoms with van der Waals surface area (Å²) in [6, 6.07) is 2.04. The number of alkyl halides is 3. The van der Waals surface area contributed by atoms with Crippen LogP contribution in [-0.2, 0) is 11.0 Å². The minimum atomic E-state index is -5.73. The monoisotopic (exact) mass is 706 g/mol. The lowest BCUT2D eigenvalue weighted by Crippen LogP contribution is -2.54. The molecule has 258 valence electrons. The van der Waals surface area contributed by atoms with Crippen LogP contribution >= 0.6 is 11.6 Å². The minimum absolute atomic E-state index is 0.0245. The summed E-state index contributed by atoms with van der Waals surface area (Å²) >= 11 is 6.52. The summed E-state index contributed by atoms with van der Waals surface area (Å²) in [4.78, 5) is 34.4. The van der Waals surface area contributed by atoms with Crippen LogP contribution in [0, 0.1) is 34.7 Å². The Morgan fingerprint density at radius 2 is 1.90 bits per heavy atom. The summed E-state index contributed by atoms with van der Waals surface area (Å²) < 4.78 is 87.0. The highest BCUT2D eigenvalue weighted by Crippen LogP contribution is 2.46. The van der Waals surface area contributed by atoms with E-state index in [1.165, 1.54) is 4.90 Å². The van der Waals surface area contributed by atoms with Crippen LogP contribution in [0.3, 0.4) is 0 Å². The molecule has 2 aliphatic heterocycles. The fourth-order valence-electron chi connectivity index (χ4n) is 6.32. The lowest BCUT2D eigenvalue weighted by molar-refractivity contribution is -0.142. The van der Waals surface area contributed by atoms with Crippen molar-refractivity contribution in [2.75, 3.05) is 24.5 Å². The van der Waals surface area contributed by atoms with Gasteiger partial charge in [0.1, 0.15) is 22.8 Å². The van der Waals surface area contributed by atoms with Crippen LogP contribution < -0.4 is 15.8 Å². The molecule has 4 heterocycles. The number of aromatic nitrogens is 2. The number of aromatic hydroxyl groups is 1. The largest absolute Gasteiger partial charge is 0.504 e. The number of anilines is 1. The Kier molecular flexibility index (Phi) is 9.24. The number of carbonyl (C=O) groups excluding carboxylic acids is 1. The highest BCUT2D eigenvalue weighted by molar-refractivity contribution is 6.34. The Balaban J connectivity index is 1.93. The molecule has 2 aliphatic rings. The molecule has 0 saturated carbocycles. The van der Waals surface area contributed by atoms with Gasteiger partial charge in [-0.25, -0.2) is 13.8 Å². The highest BCUT2D eigenvalue weighted by atomic mass is 35.5. The van der Waals surface area contributed by atoms with Crippen molar-refractivity contribution in [3.8, 4) is 23.1 Å². The number of halogens is 7. The summed E-state index contributed by atoms with van der Waals surface area (Å²) in [6.07, 6.45) is -1.29. The third kappa shape index (κ3) is 5.77. The first kappa shape index (κ1) is 35.3. The number of piperazine rings is 1. The lowest BCUT2D eigenvalue weighted by atomic mass is 9.94. The van der Waals surface area contributed by atoms with E-state index in [2.05, 4.69) is 16.9 Å². The number of rotatable bonds is 5. The van der Waals surface area contributed by atoms with E-state index in [4.69, 9.17) is 11.6 Å². The fraction of sp³-hybridized carbons (Fsp3) is 0.333. The van der Waals surface area contributed by atoms with Crippen molar-refractivity contribution in [1.29, 1.82) is 5.26 Å². The van der Waals surface area contributed by atoms with E-state index in [1.807, 2.05) is 19.9 Å². The Bertz CT molecular complexity index is 2080. The van der Waals surface area contributed by atoms with E-state index < -0.39 is 68.9 Å². The van der Waals surface area contributed by atoms with Gasteiger partial charge < -0.3 is 20.2 Å². The number of allylic oxidation sites excluding steroid dienone is 2. The van der Waals surface area contributed by atoms with Crippen molar-refractivity contribution < 1.29 is 36.2 Å². The van der Waals surface area contributed by atoms with Gasteiger partial charge in [-0.1, -0.05) is 32.0 Å². The summed E-state index contributed by atoms with van der Waals surface area (Å²) in [6.45, 7) is 11.0. The number of fused-ring (bicyclic) bond motifs is 1. The van der Waals surface area contributed by atoms with Gasteiger partial charge >= 0.3 is 6.18 Å². The smallest absolute Gasteiger partial charge is 0.422 e. The number of nitrogens with zero attached hydrogens (tertiary/aromatic N) is 5. The number of hydrogen-bond donors (Lipinski definition) is 2. The van der Waals surface area contributed by atoms with Crippen LogP contribution in [0.5, 0.6) is 5.75 Å². The number of phenolic OH excluding ortho intramolecular Hbond substituents is 1. The molecule has 1 aromatic carbocycles. The maximum atomic E-state index is 15.6. The van der Waals surface area contributed by atoms with Crippen molar-refractivity contribution in [3.63, 3.8) is 0 Å².